The molecule has 0 saturated carbocycles. The van der Waals surface area contributed by atoms with Crippen molar-refractivity contribution >= 4 is 23.4 Å². The average molecular weight is 382 g/mol. The maximum absolute atomic E-state index is 12.8. The lowest BCUT2D eigenvalue weighted by Gasteiger charge is -2.34. The molecule has 0 atom stereocenters. The fraction of sp³-hybridized carbons (Fsp3) is 0.412. The molecule has 0 N–H and O–H groups in total. The van der Waals surface area contributed by atoms with Gasteiger partial charge in [0.25, 0.3) is 0 Å². The molecule has 2 aliphatic rings. The summed E-state index contributed by atoms with van der Waals surface area (Å²) in [6.07, 6.45) is 3.64. The first-order valence-corrected chi connectivity index (χ1v) is 8.69. The second kappa shape index (κ2) is 6.43. The minimum Gasteiger partial charge on any atom is -0.483 e. The van der Waals surface area contributed by atoms with E-state index in [1.54, 1.807) is 12.3 Å². The van der Waals surface area contributed by atoms with Crippen LogP contribution in [-0.2, 0) is 0 Å². The van der Waals surface area contributed by atoms with Crippen LogP contribution < -0.4 is 4.74 Å². The maximum Gasteiger partial charge on any atom is 0.446 e. The third-order valence-electron chi connectivity index (χ3n) is 4.00. The molecule has 0 amide bonds. The number of fused-ring (bicyclic) bond motifs is 1. The summed E-state index contributed by atoms with van der Waals surface area (Å²) < 4.78 is 44.2. The third-order valence-corrected chi connectivity index (χ3v) is 4.72. The molecule has 26 heavy (non-hydrogen) atoms. The monoisotopic (exact) mass is 382 g/mol. The molecule has 0 unspecified atom stereocenters. The zero-order valence-corrected chi connectivity index (χ0v) is 15.3. The van der Waals surface area contributed by atoms with Crippen LogP contribution >= 0.6 is 11.8 Å². The standard InChI is InChI=1S/C17H17F3N4OS/c1-16(2)9-13(24-7-6-23(3)15(24)22-10-21)12-8-11(26-17(18,19)20)4-5-14(12)25-16/h4-5,8-9H,6-7H2,1-3H3. The Morgan fingerprint density at radius 1 is 1.31 bits per heavy atom. The number of nitriles is 1. The van der Waals surface area contributed by atoms with E-state index < -0.39 is 11.1 Å². The summed E-state index contributed by atoms with van der Waals surface area (Å²) in [4.78, 5) is 7.63. The molecule has 5 nitrogen and oxygen atoms in total. The number of benzene rings is 1. The van der Waals surface area contributed by atoms with Gasteiger partial charge in [-0.2, -0.15) is 18.4 Å². The van der Waals surface area contributed by atoms with Gasteiger partial charge in [-0.15, -0.1) is 4.99 Å². The van der Waals surface area contributed by atoms with Crippen LogP contribution in [0.3, 0.4) is 0 Å². The number of ether oxygens (including phenoxy) is 1. The average Bonchev–Trinajstić information content (AvgIpc) is 2.86. The molecule has 3 rings (SSSR count). The molecular formula is C17H17F3N4OS. The van der Waals surface area contributed by atoms with E-state index in [9.17, 15) is 13.2 Å². The second-order valence-corrected chi connectivity index (χ2v) is 7.66. The second-order valence-electron chi connectivity index (χ2n) is 6.53. The summed E-state index contributed by atoms with van der Waals surface area (Å²) in [5.74, 6) is 0.973. The highest BCUT2D eigenvalue weighted by molar-refractivity contribution is 8.00. The number of hydrogen-bond donors (Lipinski definition) is 0. The first kappa shape index (κ1) is 18.5. The minimum absolute atomic E-state index is 0.0804. The Balaban J connectivity index is 2.08. The molecule has 1 saturated heterocycles. The molecule has 0 aromatic heterocycles. The predicted octanol–water partition coefficient (Wildman–Crippen LogP) is 3.89. The lowest BCUT2D eigenvalue weighted by atomic mass is 9.98. The van der Waals surface area contributed by atoms with Crippen LogP contribution in [0.4, 0.5) is 13.2 Å². The number of alkyl halides is 3. The fourth-order valence-corrected chi connectivity index (χ4v) is 3.59. The van der Waals surface area contributed by atoms with E-state index in [4.69, 9.17) is 10.00 Å². The number of halogens is 3. The molecule has 0 bridgehead atoms. The topological polar surface area (TPSA) is 51.9 Å². The van der Waals surface area contributed by atoms with Gasteiger partial charge in [0.1, 0.15) is 11.4 Å². The van der Waals surface area contributed by atoms with Crippen molar-refractivity contribution in [2.75, 3.05) is 20.1 Å². The van der Waals surface area contributed by atoms with Crippen LogP contribution in [0.2, 0.25) is 0 Å². The lowest BCUT2D eigenvalue weighted by Crippen LogP contribution is -2.36. The molecule has 0 aliphatic carbocycles. The molecule has 9 heteroatoms. The number of aliphatic imine (C=N–C) groups is 1. The SMILES string of the molecule is CN1CCN(C2=CC(C)(C)Oc3ccc(SC(F)(F)F)cc32)C1=NC#N. The molecule has 1 aromatic rings. The Morgan fingerprint density at radius 2 is 2.04 bits per heavy atom. The van der Waals surface area contributed by atoms with Crippen molar-refractivity contribution in [3.63, 3.8) is 0 Å². The fourth-order valence-electron chi connectivity index (χ4n) is 3.01. The molecule has 0 spiro atoms. The summed E-state index contributed by atoms with van der Waals surface area (Å²) in [5, 5.41) is 8.97. The summed E-state index contributed by atoms with van der Waals surface area (Å²) in [5.41, 5.74) is -3.76. The van der Waals surface area contributed by atoms with Crippen LogP contribution in [0.5, 0.6) is 5.75 Å². The van der Waals surface area contributed by atoms with Gasteiger partial charge in [0.05, 0.1) is 5.70 Å². The highest BCUT2D eigenvalue weighted by Crippen LogP contribution is 2.43. The van der Waals surface area contributed by atoms with Gasteiger partial charge in [-0.25, -0.2) is 0 Å². The van der Waals surface area contributed by atoms with Crippen LogP contribution in [0.15, 0.2) is 34.2 Å². The number of thioether (sulfide) groups is 1. The van der Waals surface area contributed by atoms with Gasteiger partial charge >= 0.3 is 5.51 Å². The van der Waals surface area contributed by atoms with Crippen molar-refractivity contribution < 1.29 is 17.9 Å². The van der Waals surface area contributed by atoms with Crippen LogP contribution in [0, 0.1) is 11.5 Å². The number of nitrogens with zero attached hydrogens (tertiary/aromatic N) is 4. The Morgan fingerprint density at radius 3 is 2.69 bits per heavy atom. The van der Waals surface area contributed by atoms with Crippen molar-refractivity contribution in [2.45, 2.75) is 29.9 Å². The van der Waals surface area contributed by atoms with Gasteiger partial charge in [0.15, 0.2) is 0 Å². The van der Waals surface area contributed by atoms with E-state index >= 15 is 0 Å². The van der Waals surface area contributed by atoms with Crippen molar-refractivity contribution in [1.82, 2.24) is 9.80 Å². The minimum atomic E-state index is -4.37. The molecule has 1 aromatic carbocycles. The van der Waals surface area contributed by atoms with Crippen LogP contribution in [-0.4, -0.2) is 47.0 Å². The van der Waals surface area contributed by atoms with Gasteiger partial charge in [0.2, 0.25) is 12.2 Å². The van der Waals surface area contributed by atoms with E-state index in [1.165, 1.54) is 12.1 Å². The van der Waals surface area contributed by atoms with Gasteiger partial charge in [-0.1, -0.05) is 0 Å². The lowest BCUT2D eigenvalue weighted by molar-refractivity contribution is -0.0328. The van der Waals surface area contributed by atoms with Crippen molar-refractivity contribution in [1.29, 1.82) is 5.26 Å². The first-order chi connectivity index (χ1) is 12.1. The number of guanidine groups is 1. The number of likely N-dealkylation sites (N-methyl/N-ethyl adjacent to an activating group) is 1. The molecule has 0 radical (unpaired) electrons. The van der Waals surface area contributed by atoms with Gasteiger partial charge in [-0.05, 0) is 49.9 Å². The predicted molar refractivity (Wildman–Crippen MR) is 93.4 cm³/mol. The normalized spacial score (nSPS) is 20.5. The highest BCUT2D eigenvalue weighted by Gasteiger charge is 2.36. The van der Waals surface area contributed by atoms with E-state index in [2.05, 4.69) is 4.99 Å². The molecule has 2 aliphatic heterocycles. The van der Waals surface area contributed by atoms with Gasteiger partial charge in [-0.3, -0.25) is 0 Å². The van der Waals surface area contributed by atoms with Gasteiger partial charge in [0, 0.05) is 30.6 Å². The molecule has 138 valence electrons. The quantitative estimate of drug-likeness (QED) is 0.574. The smallest absolute Gasteiger partial charge is 0.446 e. The van der Waals surface area contributed by atoms with Crippen LogP contribution in [0.1, 0.15) is 19.4 Å². The Labute approximate surface area is 153 Å². The molecule has 1 fully saturated rings. The zero-order chi connectivity index (χ0) is 19.1. The summed E-state index contributed by atoms with van der Waals surface area (Å²) >= 11 is -0.165. The summed E-state index contributed by atoms with van der Waals surface area (Å²) in [7, 11) is 1.82. The van der Waals surface area contributed by atoms with Crippen molar-refractivity contribution in [3.8, 4) is 11.9 Å². The van der Waals surface area contributed by atoms with E-state index in [0.717, 1.165) is 0 Å². The molecular weight excluding hydrogens is 365 g/mol. The van der Waals surface area contributed by atoms with E-state index in [-0.39, 0.29) is 16.7 Å². The highest BCUT2D eigenvalue weighted by atomic mass is 32.2. The largest absolute Gasteiger partial charge is 0.483 e. The molecule has 2 heterocycles. The Hall–Kier alpha value is -2.34. The van der Waals surface area contributed by atoms with Crippen LogP contribution in [0.25, 0.3) is 5.70 Å². The zero-order valence-electron chi connectivity index (χ0n) is 14.5. The Kier molecular flexibility index (Phi) is 4.56. The van der Waals surface area contributed by atoms with Gasteiger partial charge < -0.3 is 14.5 Å². The van der Waals surface area contributed by atoms with E-state index in [1.807, 2.05) is 36.8 Å². The van der Waals surface area contributed by atoms with E-state index in [0.29, 0.717) is 36.1 Å². The van der Waals surface area contributed by atoms with Crippen molar-refractivity contribution in [2.24, 2.45) is 4.99 Å². The summed E-state index contributed by atoms with van der Waals surface area (Å²) in [6.45, 7) is 4.98. The third kappa shape index (κ3) is 3.75. The number of hydrogen-bond acceptors (Lipinski definition) is 4. The Bertz CT molecular complexity index is 826. The maximum atomic E-state index is 12.8. The summed E-state index contributed by atoms with van der Waals surface area (Å²) in [6, 6.07) is 4.42. The van der Waals surface area contributed by atoms with Crippen molar-refractivity contribution in [3.05, 3.63) is 29.8 Å². The first-order valence-electron chi connectivity index (χ1n) is 7.87. The number of rotatable bonds is 2.